The second-order valence-electron chi connectivity index (χ2n) is 8.26. The maximum absolute atomic E-state index is 9.16. The van der Waals surface area contributed by atoms with Crippen LogP contribution in [0, 0.1) is 0 Å². The lowest BCUT2D eigenvalue weighted by Gasteiger charge is -2.24. The van der Waals surface area contributed by atoms with Crippen molar-refractivity contribution in [1.82, 2.24) is 0 Å². The van der Waals surface area contributed by atoms with E-state index in [4.69, 9.17) is 15.9 Å². The van der Waals surface area contributed by atoms with Crippen LogP contribution in [0.25, 0.3) is 0 Å². The minimum atomic E-state index is -1.24. The zero-order valence-electron chi connectivity index (χ0n) is 16.3. The highest BCUT2D eigenvalue weighted by Crippen LogP contribution is 2.17. The van der Waals surface area contributed by atoms with Crippen LogP contribution >= 0.6 is 0 Å². The first-order valence-corrected chi connectivity index (χ1v) is 13.2. The van der Waals surface area contributed by atoms with Gasteiger partial charge in [-0.1, -0.05) is 106 Å². The lowest BCUT2D eigenvalue weighted by atomic mass is 9.94. The van der Waals surface area contributed by atoms with Gasteiger partial charge in [-0.05, 0) is 6.42 Å². The second kappa shape index (κ2) is 11.8. The molecule has 0 unspecified atom stereocenters. The molecule has 0 fully saturated rings. The first-order valence-electron chi connectivity index (χ1n) is 10.00. The molecule has 3 nitrogen and oxygen atoms in total. The van der Waals surface area contributed by atoms with Crippen molar-refractivity contribution in [2.24, 2.45) is 5.73 Å². The van der Waals surface area contributed by atoms with Gasteiger partial charge in [-0.15, -0.1) is 0 Å². The van der Waals surface area contributed by atoms with E-state index in [1.807, 2.05) is 0 Å². The molecule has 0 aliphatic carbocycles. The lowest BCUT2D eigenvalue weighted by molar-refractivity contribution is 0.112. The number of aliphatic hydroxyl groups excluding tert-OH is 2. The van der Waals surface area contributed by atoms with Crippen molar-refractivity contribution in [2.45, 2.75) is 82.5 Å². The van der Waals surface area contributed by atoms with Crippen molar-refractivity contribution in [3.8, 4) is 0 Å². The molecule has 0 radical (unpaired) electrons. The van der Waals surface area contributed by atoms with Gasteiger partial charge in [0.25, 0.3) is 0 Å². The van der Waals surface area contributed by atoms with Crippen LogP contribution in [0.15, 0.2) is 30.3 Å². The summed E-state index contributed by atoms with van der Waals surface area (Å²) in [6.45, 7) is 4.70. The van der Waals surface area contributed by atoms with E-state index in [9.17, 15) is 0 Å². The highest BCUT2D eigenvalue weighted by atomic mass is 28.3. The zero-order valence-corrected chi connectivity index (χ0v) is 17.3. The molecule has 144 valence electrons. The van der Waals surface area contributed by atoms with E-state index < -0.39 is 13.6 Å². The highest BCUT2D eigenvalue weighted by Gasteiger charge is 2.22. The standard InChI is InChI=1S/C21H39NO2Si/c1-25(2,20-14-10-9-11-15-20)17-13-8-6-4-3-5-7-12-16-21(22,18-23)19-24/h9-11,14-15,23-24H,3-8,12-13,16-19,22H2,1-2H3. The molecule has 0 saturated carbocycles. The summed E-state index contributed by atoms with van der Waals surface area (Å²) in [4.78, 5) is 0. The molecule has 0 bridgehead atoms. The molecule has 0 amide bonds. The Hall–Kier alpha value is -0.683. The molecule has 0 aliphatic heterocycles. The van der Waals surface area contributed by atoms with Crippen LogP contribution in [0.5, 0.6) is 0 Å². The van der Waals surface area contributed by atoms with Gasteiger partial charge < -0.3 is 15.9 Å². The maximum Gasteiger partial charge on any atom is 0.0806 e. The van der Waals surface area contributed by atoms with Gasteiger partial charge in [-0.2, -0.15) is 0 Å². The Morgan fingerprint density at radius 2 is 1.28 bits per heavy atom. The van der Waals surface area contributed by atoms with E-state index in [1.165, 1.54) is 44.6 Å². The molecule has 1 rings (SSSR count). The zero-order chi connectivity index (χ0) is 18.6. The molecule has 0 atom stereocenters. The number of nitrogens with two attached hydrogens (primary N) is 1. The van der Waals surface area contributed by atoms with Crippen molar-refractivity contribution in [3.05, 3.63) is 30.3 Å². The Morgan fingerprint density at radius 3 is 1.80 bits per heavy atom. The Labute approximate surface area is 155 Å². The van der Waals surface area contributed by atoms with Crippen LogP contribution in [-0.4, -0.2) is 37.0 Å². The number of hydrogen-bond acceptors (Lipinski definition) is 3. The van der Waals surface area contributed by atoms with Gasteiger partial charge in [0.1, 0.15) is 0 Å². The fourth-order valence-corrected chi connectivity index (χ4v) is 5.86. The Kier molecular flexibility index (Phi) is 10.6. The predicted molar refractivity (Wildman–Crippen MR) is 111 cm³/mol. The third-order valence-corrected chi connectivity index (χ3v) is 8.91. The van der Waals surface area contributed by atoms with Gasteiger partial charge in [0, 0.05) is 0 Å². The van der Waals surface area contributed by atoms with E-state index in [2.05, 4.69) is 43.4 Å². The van der Waals surface area contributed by atoms with Crippen LogP contribution in [0.1, 0.15) is 57.8 Å². The number of rotatable bonds is 14. The van der Waals surface area contributed by atoms with Gasteiger partial charge in [-0.25, -0.2) is 0 Å². The van der Waals surface area contributed by atoms with Crippen LogP contribution in [0.2, 0.25) is 19.1 Å². The molecule has 4 heteroatoms. The summed E-state index contributed by atoms with van der Waals surface area (Å²) in [6, 6.07) is 12.4. The number of benzene rings is 1. The van der Waals surface area contributed by atoms with E-state index >= 15 is 0 Å². The summed E-state index contributed by atoms with van der Waals surface area (Å²) in [6.07, 6.45) is 10.7. The third-order valence-electron chi connectivity index (χ3n) is 5.41. The van der Waals surface area contributed by atoms with Crippen molar-refractivity contribution >= 4 is 13.3 Å². The van der Waals surface area contributed by atoms with Crippen LogP contribution in [0.4, 0.5) is 0 Å². The van der Waals surface area contributed by atoms with E-state index in [1.54, 1.807) is 5.19 Å². The largest absolute Gasteiger partial charge is 0.394 e. The van der Waals surface area contributed by atoms with Crippen molar-refractivity contribution in [2.75, 3.05) is 13.2 Å². The van der Waals surface area contributed by atoms with Gasteiger partial charge in [0.15, 0.2) is 0 Å². The fourth-order valence-electron chi connectivity index (χ4n) is 3.35. The SMILES string of the molecule is C[Si](C)(CCCCCCCCCCC(N)(CO)CO)c1ccccc1. The van der Waals surface area contributed by atoms with Crippen molar-refractivity contribution in [3.63, 3.8) is 0 Å². The Morgan fingerprint density at radius 1 is 0.800 bits per heavy atom. The van der Waals surface area contributed by atoms with Crippen LogP contribution < -0.4 is 10.9 Å². The summed E-state index contributed by atoms with van der Waals surface area (Å²) < 4.78 is 0. The van der Waals surface area contributed by atoms with E-state index in [-0.39, 0.29) is 13.2 Å². The second-order valence-corrected chi connectivity index (χ2v) is 13.1. The highest BCUT2D eigenvalue weighted by molar-refractivity contribution is 6.89. The summed E-state index contributed by atoms with van der Waals surface area (Å²) in [5, 5.41) is 19.9. The third kappa shape index (κ3) is 9.00. The first-order chi connectivity index (χ1) is 11.9. The van der Waals surface area contributed by atoms with E-state index in [0.717, 1.165) is 12.8 Å². The quantitative estimate of drug-likeness (QED) is 0.347. The maximum atomic E-state index is 9.16. The molecule has 0 spiro atoms. The topological polar surface area (TPSA) is 66.5 Å². The van der Waals surface area contributed by atoms with Crippen molar-refractivity contribution in [1.29, 1.82) is 0 Å². The minimum absolute atomic E-state index is 0.133. The Bertz CT molecular complexity index is 446. The summed E-state index contributed by atoms with van der Waals surface area (Å²) >= 11 is 0. The molecule has 25 heavy (non-hydrogen) atoms. The van der Waals surface area contributed by atoms with Crippen LogP contribution in [0.3, 0.4) is 0 Å². The molecule has 0 aromatic heterocycles. The minimum Gasteiger partial charge on any atom is -0.394 e. The average molecular weight is 366 g/mol. The average Bonchev–Trinajstić information content (AvgIpc) is 2.63. The number of unbranched alkanes of at least 4 members (excludes halogenated alkanes) is 7. The molecule has 4 N–H and O–H groups in total. The molecule has 0 saturated heterocycles. The molecular weight excluding hydrogens is 326 g/mol. The normalized spacial score (nSPS) is 12.5. The van der Waals surface area contributed by atoms with Crippen LogP contribution in [-0.2, 0) is 0 Å². The fraction of sp³-hybridized carbons (Fsp3) is 0.714. The summed E-state index contributed by atoms with van der Waals surface area (Å²) in [5.74, 6) is 0. The summed E-state index contributed by atoms with van der Waals surface area (Å²) in [5.41, 5.74) is 5.09. The van der Waals surface area contributed by atoms with Gasteiger partial charge in [-0.3, -0.25) is 0 Å². The number of hydrogen-bond donors (Lipinski definition) is 3. The molecule has 0 aliphatic rings. The predicted octanol–water partition coefficient (Wildman–Crippen LogP) is 3.80. The van der Waals surface area contributed by atoms with Crippen molar-refractivity contribution < 1.29 is 10.2 Å². The molecule has 1 aromatic rings. The molecule has 0 heterocycles. The smallest absolute Gasteiger partial charge is 0.0806 e. The van der Waals surface area contributed by atoms with Gasteiger partial charge >= 0.3 is 0 Å². The molecular formula is C21H39NO2Si. The van der Waals surface area contributed by atoms with E-state index in [0.29, 0.717) is 6.42 Å². The number of aliphatic hydroxyl groups is 2. The Balaban J connectivity index is 2.00. The monoisotopic (exact) mass is 365 g/mol. The van der Waals surface area contributed by atoms with Gasteiger partial charge in [0.05, 0.1) is 26.8 Å². The first kappa shape index (κ1) is 22.4. The molecule has 1 aromatic carbocycles. The van der Waals surface area contributed by atoms with Gasteiger partial charge in [0.2, 0.25) is 0 Å². The summed E-state index contributed by atoms with van der Waals surface area (Å²) in [7, 11) is -1.24. The lowest BCUT2D eigenvalue weighted by Crippen LogP contribution is -2.47.